The van der Waals surface area contributed by atoms with Crippen molar-refractivity contribution < 1.29 is 4.79 Å². The van der Waals surface area contributed by atoms with Crippen LogP contribution in [0.15, 0.2) is 4.99 Å². The van der Waals surface area contributed by atoms with Crippen LogP contribution in [0.2, 0.25) is 0 Å². The van der Waals surface area contributed by atoms with Crippen LogP contribution in [-0.4, -0.2) is 49.6 Å². The third-order valence-corrected chi connectivity index (χ3v) is 4.12. The maximum absolute atomic E-state index is 11.9. The Labute approximate surface area is 156 Å². The van der Waals surface area contributed by atoms with E-state index in [4.69, 9.17) is 0 Å². The van der Waals surface area contributed by atoms with Crippen LogP contribution in [0.1, 0.15) is 45.4 Å². The molecule has 0 bridgehead atoms. The van der Waals surface area contributed by atoms with Crippen LogP contribution in [0, 0.1) is 0 Å². The highest BCUT2D eigenvalue weighted by Crippen LogP contribution is 2.17. The Balaban J connectivity index is 0.00000441. The van der Waals surface area contributed by atoms with Gasteiger partial charge in [0.05, 0.1) is 6.54 Å². The first-order valence-electron chi connectivity index (χ1n) is 8.06. The molecule has 0 aliphatic heterocycles. The Bertz CT molecular complexity index is 323. The van der Waals surface area contributed by atoms with Crippen LogP contribution in [0.3, 0.4) is 0 Å². The Hall–Kier alpha value is -0.180. The second-order valence-electron chi connectivity index (χ2n) is 5.33. The lowest BCUT2D eigenvalue weighted by Crippen LogP contribution is -2.41. The lowest BCUT2D eigenvalue weighted by Gasteiger charge is -2.22. The first kappa shape index (κ1) is 21.8. The van der Waals surface area contributed by atoms with Gasteiger partial charge >= 0.3 is 0 Å². The van der Waals surface area contributed by atoms with E-state index in [2.05, 4.69) is 27.2 Å². The lowest BCUT2D eigenvalue weighted by molar-refractivity contribution is -0.121. The van der Waals surface area contributed by atoms with Gasteiger partial charge in [0.1, 0.15) is 0 Å². The number of rotatable bonds is 8. The van der Waals surface area contributed by atoms with Crippen molar-refractivity contribution in [3.05, 3.63) is 0 Å². The molecule has 7 heteroatoms. The summed E-state index contributed by atoms with van der Waals surface area (Å²) in [4.78, 5) is 16.4. The van der Waals surface area contributed by atoms with Gasteiger partial charge in [-0.05, 0) is 26.0 Å². The summed E-state index contributed by atoms with van der Waals surface area (Å²) in [5.74, 6) is 1.96. The summed E-state index contributed by atoms with van der Waals surface area (Å²) in [6, 6.07) is 0.398. The minimum Gasteiger partial charge on any atom is -0.357 e. The van der Waals surface area contributed by atoms with E-state index in [9.17, 15) is 4.79 Å². The molecule has 22 heavy (non-hydrogen) atoms. The maximum atomic E-state index is 11.9. The molecule has 1 amide bonds. The number of halogens is 1. The van der Waals surface area contributed by atoms with Crippen LogP contribution >= 0.6 is 35.7 Å². The third kappa shape index (κ3) is 10.5. The molecule has 0 heterocycles. The Morgan fingerprint density at radius 1 is 1.23 bits per heavy atom. The molecule has 0 saturated heterocycles. The van der Waals surface area contributed by atoms with Gasteiger partial charge in [0.25, 0.3) is 0 Å². The van der Waals surface area contributed by atoms with E-state index >= 15 is 0 Å². The van der Waals surface area contributed by atoms with Crippen LogP contribution in [0.5, 0.6) is 0 Å². The van der Waals surface area contributed by atoms with Gasteiger partial charge in [-0.1, -0.05) is 19.3 Å². The summed E-state index contributed by atoms with van der Waals surface area (Å²) in [7, 11) is 0. The van der Waals surface area contributed by atoms with Gasteiger partial charge < -0.3 is 16.0 Å². The maximum Gasteiger partial charge on any atom is 0.221 e. The fraction of sp³-hybridized carbons (Fsp3) is 0.867. The van der Waals surface area contributed by atoms with Gasteiger partial charge in [-0.2, -0.15) is 11.8 Å². The topological polar surface area (TPSA) is 65.5 Å². The molecule has 1 fully saturated rings. The van der Waals surface area contributed by atoms with Crippen molar-refractivity contribution in [2.24, 2.45) is 4.99 Å². The average Bonchev–Trinajstić information content (AvgIpc) is 2.48. The number of guanidine groups is 1. The van der Waals surface area contributed by atoms with Crippen molar-refractivity contribution in [2.45, 2.75) is 51.5 Å². The third-order valence-electron chi connectivity index (χ3n) is 3.52. The molecule has 0 spiro atoms. The molecule has 0 unspecified atom stereocenters. The summed E-state index contributed by atoms with van der Waals surface area (Å²) in [6.45, 7) is 4.30. The second kappa shape index (κ2) is 14.4. The van der Waals surface area contributed by atoms with Crippen molar-refractivity contribution in [1.82, 2.24) is 16.0 Å². The molecule has 3 N–H and O–H groups in total. The fourth-order valence-corrected chi connectivity index (χ4v) is 2.71. The Kier molecular flexibility index (Phi) is 14.3. The summed E-state index contributed by atoms with van der Waals surface area (Å²) in [5, 5.41) is 9.55. The number of thioether (sulfide) groups is 1. The number of nitrogens with one attached hydrogen (secondary N) is 3. The normalized spacial score (nSPS) is 15.8. The van der Waals surface area contributed by atoms with Crippen LogP contribution in [0.25, 0.3) is 0 Å². The molecule has 0 aromatic carbocycles. The van der Waals surface area contributed by atoms with Gasteiger partial charge in [0.15, 0.2) is 5.96 Å². The SMILES string of the molecule is CCNC(=NCCSC)NCCC(=O)NC1CCCCC1.I. The number of carbonyl (C=O) groups is 1. The number of carbonyl (C=O) groups excluding carboxylic acids is 1. The van der Waals surface area contributed by atoms with E-state index < -0.39 is 0 Å². The number of aliphatic imine (C=N–C) groups is 1. The summed E-state index contributed by atoms with van der Waals surface area (Å²) in [5.41, 5.74) is 0. The standard InChI is InChI=1S/C15H30N4OS.HI/c1-3-16-15(18-11-12-21-2)17-10-9-14(20)19-13-7-5-4-6-8-13;/h13H,3-12H2,1-2H3,(H,19,20)(H2,16,17,18);1H. The summed E-state index contributed by atoms with van der Waals surface area (Å²) >= 11 is 1.78. The van der Waals surface area contributed by atoms with Crippen LogP contribution in [-0.2, 0) is 4.79 Å². The van der Waals surface area contributed by atoms with Crippen LogP contribution < -0.4 is 16.0 Å². The van der Waals surface area contributed by atoms with Crippen LogP contribution in [0.4, 0.5) is 0 Å². The highest BCUT2D eigenvalue weighted by Gasteiger charge is 2.15. The Morgan fingerprint density at radius 3 is 2.59 bits per heavy atom. The molecule has 0 atom stereocenters. The predicted octanol–water partition coefficient (Wildman–Crippen LogP) is 2.36. The van der Waals surface area contributed by atoms with E-state index in [0.29, 0.717) is 19.0 Å². The predicted molar refractivity (Wildman–Crippen MR) is 107 cm³/mol. The molecule has 1 aliphatic rings. The van der Waals surface area contributed by atoms with Gasteiger partial charge in [0, 0.05) is 31.3 Å². The van der Waals surface area contributed by atoms with E-state index in [0.717, 1.165) is 37.6 Å². The highest BCUT2D eigenvalue weighted by atomic mass is 127. The minimum atomic E-state index is 0. The van der Waals surface area contributed by atoms with Crippen molar-refractivity contribution in [3.8, 4) is 0 Å². The molecule has 5 nitrogen and oxygen atoms in total. The monoisotopic (exact) mass is 442 g/mol. The van der Waals surface area contributed by atoms with Gasteiger partial charge in [0.2, 0.25) is 5.91 Å². The fourth-order valence-electron chi connectivity index (χ4n) is 2.43. The molecule has 0 aromatic heterocycles. The zero-order chi connectivity index (χ0) is 15.3. The van der Waals surface area contributed by atoms with E-state index in [-0.39, 0.29) is 29.9 Å². The zero-order valence-electron chi connectivity index (χ0n) is 13.8. The number of hydrogen-bond acceptors (Lipinski definition) is 3. The summed E-state index contributed by atoms with van der Waals surface area (Å²) in [6.07, 6.45) is 8.66. The second-order valence-corrected chi connectivity index (χ2v) is 6.32. The number of amides is 1. The number of nitrogens with zero attached hydrogens (tertiary/aromatic N) is 1. The first-order valence-corrected chi connectivity index (χ1v) is 9.46. The summed E-state index contributed by atoms with van der Waals surface area (Å²) < 4.78 is 0. The van der Waals surface area contributed by atoms with E-state index in [1.807, 2.05) is 6.92 Å². The molecule has 0 aromatic rings. The molecule has 1 aliphatic carbocycles. The lowest BCUT2D eigenvalue weighted by atomic mass is 9.95. The molecule has 130 valence electrons. The molecule has 0 radical (unpaired) electrons. The van der Waals surface area contributed by atoms with E-state index in [1.165, 1.54) is 19.3 Å². The van der Waals surface area contributed by atoms with E-state index in [1.54, 1.807) is 11.8 Å². The molecular weight excluding hydrogens is 411 g/mol. The van der Waals surface area contributed by atoms with Crippen molar-refractivity contribution in [1.29, 1.82) is 0 Å². The Morgan fingerprint density at radius 2 is 1.95 bits per heavy atom. The molecule has 1 rings (SSSR count). The largest absolute Gasteiger partial charge is 0.357 e. The minimum absolute atomic E-state index is 0. The van der Waals surface area contributed by atoms with Crippen molar-refractivity contribution in [2.75, 3.05) is 31.6 Å². The van der Waals surface area contributed by atoms with Gasteiger partial charge in [-0.3, -0.25) is 9.79 Å². The molecular formula is C15H31IN4OS. The zero-order valence-corrected chi connectivity index (χ0v) is 17.0. The van der Waals surface area contributed by atoms with Crippen molar-refractivity contribution >= 4 is 47.6 Å². The molecule has 1 saturated carbocycles. The first-order chi connectivity index (χ1) is 10.3. The van der Waals surface area contributed by atoms with Gasteiger partial charge in [-0.15, -0.1) is 24.0 Å². The van der Waals surface area contributed by atoms with Gasteiger partial charge in [-0.25, -0.2) is 0 Å². The highest BCUT2D eigenvalue weighted by molar-refractivity contribution is 14.0. The smallest absolute Gasteiger partial charge is 0.221 e. The quantitative estimate of drug-likeness (QED) is 0.234. The van der Waals surface area contributed by atoms with Crippen molar-refractivity contribution in [3.63, 3.8) is 0 Å². The average molecular weight is 442 g/mol. The number of hydrogen-bond donors (Lipinski definition) is 3.